The molecule has 0 atom stereocenters. The highest BCUT2D eigenvalue weighted by Gasteiger charge is 2.07. The van der Waals surface area contributed by atoms with E-state index in [0.717, 1.165) is 5.56 Å². The molecule has 0 aliphatic carbocycles. The summed E-state index contributed by atoms with van der Waals surface area (Å²) in [5.74, 6) is 0.133. The van der Waals surface area contributed by atoms with Crippen LogP contribution in [0.5, 0.6) is 5.75 Å². The average molecular weight is 394 g/mol. The Morgan fingerprint density at radius 2 is 2.12 bits per heavy atom. The number of rotatable bonds is 5. The van der Waals surface area contributed by atoms with Crippen LogP contribution in [0.1, 0.15) is 11.3 Å². The van der Waals surface area contributed by atoms with Gasteiger partial charge < -0.3 is 9.15 Å². The molecule has 0 aliphatic rings. The summed E-state index contributed by atoms with van der Waals surface area (Å²) in [7, 11) is 0. The van der Waals surface area contributed by atoms with Crippen LogP contribution in [0.3, 0.4) is 0 Å². The summed E-state index contributed by atoms with van der Waals surface area (Å²) in [5, 5.41) is 2.90. The molecule has 1 aromatic heterocycles. The van der Waals surface area contributed by atoms with Crippen LogP contribution in [0.15, 0.2) is 47.1 Å². The number of hydrogen-bond donors (Lipinski definition) is 3. The van der Waals surface area contributed by atoms with Crippen molar-refractivity contribution in [3.8, 4) is 5.75 Å². The SMILES string of the molecule is Cc1cc(Cl)ccc1OCC(=O)NNC(=S)NC(=O)C=Cc1ccco1. The van der Waals surface area contributed by atoms with E-state index in [-0.39, 0.29) is 11.7 Å². The number of carbonyl (C=O) groups is 2. The van der Waals surface area contributed by atoms with Gasteiger partial charge in [0.15, 0.2) is 11.7 Å². The minimum atomic E-state index is -0.471. The van der Waals surface area contributed by atoms with E-state index in [1.54, 1.807) is 30.3 Å². The van der Waals surface area contributed by atoms with E-state index in [4.69, 9.17) is 33.0 Å². The maximum Gasteiger partial charge on any atom is 0.276 e. The lowest BCUT2D eigenvalue weighted by molar-refractivity contribution is -0.123. The van der Waals surface area contributed by atoms with Gasteiger partial charge in [0, 0.05) is 11.1 Å². The van der Waals surface area contributed by atoms with Crippen molar-refractivity contribution in [2.45, 2.75) is 6.92 Å². The monoisotopic (exact) mass is 393 g/mol. The van der Waals surface area contributed by atoms with Gasteiger partial charge in [-0.05, 0) is 61.1 Å². The lowest BCUT2D eigenvalue weighted by atomic mass is 10.2. The molecule has 2 rings (SSSR count). The molecule has 2 aromatic rings. The zero-order valence-corrected chi connectivity index (χ0v) is 15.3. The minimum absolute atomic E-state index is 0.0601. The Labute approximate surface area is 160 Å². The molecule has 2 amide bonds. The zero-order chi connectivity index (χ0) is 18.9. The number of hydrogen-bond acceptors (Lipinski definition) is 5. The molecule has 0 radical (unpaired) electrons. The molecule has 136 valence electrons. The normalized spacial score (nSPS) is 10.4. The molecule has 0 bridgehead atoms. The smallest absolute Gasteiger partial charge is 0.276 e. The summed E-state index contributed by atoms with van der Waals surface area (Å²) in [6.45, 7) is 1.59. The van der Waals surface area contributed by atoms with E-state index in [1.807, 2.05) is 6.92 Å². The fourth-order valence-electron chi connectivity index (χ4n) is 1.81. The molecule has 0 unspecified atom stereocenters. The van der Waals surface area contributed by atoms with Crippen molar-refractivity contribution in [2.24, 2.45) is 0 Å². The van der Waals surface area contributed by atoms with Crippen molar-refractivity contribution in [3.63, 3.8) is 0 Å². The third-order valence-corrected chi connectivity index (χ3v) is 3.43. The van der Waals surface area contributed by atoms with Crippen LogP contribution in [0.2, 0.25) is 5.02 Å². The Bertz CT molecular complexity index is 821. The Morgan fingerprint density at radius 1 is 1.31 bits per heavy atom. The second-order valence-electron chi connectivity index (χ2n) is 5.04. The molecule has 0 fully saturated rings. The van der Waals surface area contributed by atoms with Crippen LogP contribution in [-0.4, -0.2) is 23.5 Å². The van der Waals surface area contributed by atoms with Crippen molar-refractivity contribution >= 4 is 46.8 Å². The van der Waals surface area contributed by atoms with Crippen molar-refractivity contribution in [2.75, 3.05) is 6.61 Å². The van der Waals surface area contributed by atoms with Gasteiger partial charge >= 0.3 is 0 Å². The average Bonchev–Trinajstić information content (AvgIpc) is 3.11. The van der Waals surface area contributed by atoms with Gasteiger partial charge in [-0.25, -0.2) is 0 Å². The first-order valence-electron chi connectivity index (χ1n) is 7.44. The molecular formula is C17H16ClN3O4S. The number of ether oxygens (including phenoxy) is 1. The molecule has 3 N–H and O–H groups in total. The van der Waals surface area contributed by atoms with Gasteiger partial charge in [-0.2, -0.15) is 0 Å². The van der Waals surface area contributed by atoms with Gasteiger partial charge in [-0.3, -0.25) is 25.8 Å². The fraction of sp³-hybridized carbons (Fsp3) is 0.118. The molecule has 26 heavy (non-hydrogen) atoms. The molecule has 0 saturated heterocycles. The number of thiocarbonyl (C=S) groups is 1. The first kappa shape index (κ1) is 19.5. The summed E-state index contributed by atoms with van der Waals surface area (Å²) in [4.78, 5) is 23.4. The third-order valence-electron chi connectivity index (χ3n) is 2.99. The minimum Gasteiger partial charge on any atom is -0.483 e. The first-order valence-corrected chi connectivity index (χ1v) is 8.23. The van der Waals surface area contributed by atoms with E-state index < -0.39 is 11.8 Å². The zero-order valence-electron chi connectivity index (χ0n) is 13.7. The molecule has 0 spiro atoms. The number of furan rings is 1. The first-order chi connectivity index (χ1) is 12.4. The van der Waals surface area contributed by atoms with Crippen LogP contribution >= 0.6 is 23.8 Å². The van der Waals surface area contributed by atoms with Gasteiger partial charge in [-0.1, -0.05) is 11.6 Å². The maximum absolute atomic E-state index is 11.7. The second-order valence-corrected chi connectivity index (χ2v) is 5.88. The topological polar surface area (TPSA) is 92.6 Å². The lowest BCUT2D eigenvalue weighted by Crippen LogP contribution is -2.49. The van der Waals surface area contributed by atoms with E-state index in [2.05, 4.69) is 16.2 Å². The van der Waals surface area contributed by atoms with Gasteiger partial charge in [0.2, 0.25) is 5.91 Å². The van der Waals surface area contributed by atoms with Crippen molar-refractivity contribution < 1.29 is 18.7 Å². The Balaban J connectivity index is 1.69. The predicted molar refractivity (Wildman–Crippen MR) is 101 cm³/mol. The summed E-state index contributed by atoms with van der Waals surface area (Å²) in [6.07, 6.45) is 4.23. The number of amides is 2. The molecule has 0 aliphatic heterocycles. The molecule has 7 nitrogen and oxygen atoms in total. The molecular weight excluding hydrogens is 378 g/mol. The van der Waals surface area contributed by atoms with Crippen LogP contribution in [0.25, 0.3) is 6.08 Å². The Kier molecular flexibility index (Phi) is 7.19. The fourth-order valence-corrected chi connectivity index (χ4v) is 2.19. The highest BCUT2D eigenvalue weighted by atomic mass is 35.5. The van der Waals surface area contributed by atoms with Crippen molar-refractivity contribution in [3.05, 3.63) is 59.0 Å². The van der Waals surface area contributed by atoms with Gasteiger partial charge in [0.05, 0.1) is 6.26 Å². The highest BCUT2D eigenvalue weighted by molar-refractivity contribution is 7.80. The number of nitrogens with one attached hydrogen (secondary N) is 3. The van der Waals surface area contributed by atoms with Crippen LogP contribution in [0.4, 0.5) is 0 Å². The van der Waals surface area contributed by atoms with Crippen molar-refractivity contribution in [1.29, 1.82) is 0 Å². The quantitative estimate of drug-likeness (QED) is 0.410. The van der Waals surface area contributed by atoms with Crippen LogP contribution in [-0.2, 0) is 9.59 Å². The maximum atomic E-state index is 11.7. The van der Waals surface area contributed by atoms with E-state index in [9.17, 15) is 9.59 Å². The van der Waals surface area contributed by atoms with Crippen LogP contribution in [0, 0.1) is 6.92 Å². The summed E-state index contributed by atoms with van der Waals surface area (Å²) in [5.41, 5.74) is 5.54. The van der Waals surface area contributed by atoms with Crippen LogP contribution < -0.4 is 20.9 Å². The van der Waals surface area contributed by atoms with E-state index in [0.29, 0.717) is 16.5 Å². The van der Waals surface area contributed by atoms with E-state index >= 15 is 0 Å². The van der Waals surface area contributed by atoms with Gasteiger partial charge in [0.1, 0.15) is 11.5 Å². The summed E-state index contributed by atoms with van der Waals surface area (Å²) >= 11 is 10.8. The number of aryl methyl sites for hydroxylation is 1. The molecule has 9 heteroatoms. The third kappa shape index (κ3) is 6.58. The van der Waals surface area contributed by atoms with E-state index in [1.165, 1.54) is 18.4 Å². The summed E-state index contributed by atoms with van der Waals surface area (Å²) < 4.78 is 10.4. The predicted octanol–water partition coefficient (Wildman–Crippen LogP) is 2.36. The van der Waals surface area contributed by atoms with Crippen molar-refractivity contribution in [1.82, 2.24) is 16.2 Å². The number of benzene rings is 1. The molecule has 1 heterocycles. The Morgan fingerprint density at radius 3 is 2.81 bits per heavy atom. The Hall–Kier alpha value is -2.84. The lowest BCUT2D eigenvalue weighted by Gasteiger charge is -2.11. The van der Waals surface area contributed by atoms with Gasteiger partial charge in [-0.15, -0.1) is 0 Å². The molecule has 1 aromatic carbocycles. The standard InChI is InChI=1S/C17H16ClN3O4S/c1-11-9-12(18)4-6-14(11)25-10-16(23)20-21-17(26)19-15(22)7-5-13-3-2-8-24-13/h2-9H,10H2,1H3,(H,20,23)(H2,19,21,22,26). The van der Waals surface area contributed by atoms with Gasteiger partial charge in [0.25, 0.3) is 5.91 Å². The molecule has 0 saturated carbocycles. The highest BCUT2D eigenvalue weighted by Crippen LogP contribution is 2.21. The number of halogens is 1. The number of hydrazine groups is 1. The largest absolute Gasteiger partial charge is 0.483 e. The summed E-state index contributed by atoms with van der Waals surface area (Å²) in [6, 6.07) is 8.47. The number of carbonyl (C=O) groups excluding carboxylic acids is 2. The second kappa shape index (κ2) is 9.59.